The topological polar surface area (TPSA) is 89.0 Å². The van der Waals surface area contributed by atoms with Crippen molar-refractivity contribution in [1.29, 1.82) is 0 Å². The molecule has 0 spiro atoms. The number of hydrogen-bond donors (Lipinski definition) is 2. The lowest BCUT2D eigenvalue weighted by Gasteiger charge is -2.39. The summed E-state index contributed by atoms with van der Waals surface area (Å²) in [7, 11) is 0. The van der Waals surface area contributed by atoms with Crippen LogP contribution in [-0.4, -0.2) is 82.0 Å². The summed E-state index contributed by atoms with van der Waals surface area (Å²) in [6.07, 6.45) is 5.99. The number of rotatable bonds is 4. The van der Waals surface area contributed by atoms with Crippen molar-refractivity contribution in [3.8, 4) is 0 Å². The van der Waals surface area contributed by atoms with E-state index in [1.165, 1.54) is 11.3 Å². The second-order valence-electron chi connectivity index (χ2n) is 9.98. The number of likely N-dealkylation sites (tertiary alicyclic amines) is 1. The second kappa shape index (κ2) is 10.8. The lowest BCUT2D eigenvalue weighted by atomic mass is 9.81. The van der Waals surface area contributed by atoms with Gasteiger partial charge in [0.05, 0.1) is 26.4 Å². The van der Waals surface area contributed by atoms with Gasteiger partial charge in [0.1, 0.15) is 5.60 Å². The molecule has 1 saturated carbocycles. The maximum absolute atomic E-state index is 13.2. The number of nitrogens with one attached hydrogen (secondary N) is 1. The van der Waals surface area contributed by atoms with Crippen molar-refractivity contribution in [2.24, 2.45) is 5.92 Å². The number of piperazine rings is 1. The van der Waals surface area contributed by atoms with Gasteiger partial charge in [0, 0.05) is 50.6 Å². The number of thiazole rings is 1. The lowest BCUT2D eigenvalue weighted by molar-refractivity contribution is -0.136. The summed E-state index contributed by atoms with van der Waals surface area (Å²) in [5.41, 5.74) is 1.61. The Balaban J connectivity index is 1.07. The number of carbonyl (C=O) groups excluding carboxylic acids is 2. The first kappa shape index (κ1) is 25.7. The molecule has 0 radical (unpaired) electrons. The fourth-order valence-electron chi connectivity index (χ4n) is 5.62. The van der Waals surface area contributed by atoms with Crippen LogP contribution in [0, 0.1) is 5.92 Å². The molecule has 3 fully saturated rings. The van der Waals surface area contributed by atoms with E-state index >= 15 is 0 Å². The van der Waals surface area contributed by atoms with E-state index in [9.17, 15) is 14.7 Å². The van der Waals surface area contributed by atoms with Gasteiger partial charge in [-0.1, -0.05) is 23.2 Å². The van der Waals surface area contributed by atoms with Gasteiger partial charge in [-0.25, -0.2) is 4.79 Å². The van der Waals surface area contributed by atoms with E-state index in [0.29, 0.717) is 48.0 Å². The van der Waals surface area contributed by atoms with Crippen molar-refractivity contribution < 1.29 is 14.7 Å². The molecule has 2 aliphatic heterocycles. The largest absolute Gasteiger partial charge is 0.384 e. The van der Waals surface area contributed by atoms with E-state index in [2.05, 4.69) is 15.2 Å². The van der Waals surface area contributed by atoms with Gasteiger partial charge in [-0.15, -0.1) is 11.3 Å². The fourth-order valence-corrected chi connectivity index (χ4v) is 6.70. The summed E-state index contributed by atoms with van der Waals surface area (Å²) in [5, 5.41) is 14.7. The van der Waals surface area contributed by atoms with Crippen LogP contribution < -0.4 is 5.32 Å². The number of carbonyl (C=O) groups is 2. The average molecular weight is 553 g/mol. The summed E-state index contributed by atoms with van der Waals surface area (Å²) >= 11 is 13.5. The van der Waals surface area contributed by atoms with Crippen LogP contribution in [0.3, 0.4) is 0 Å². The van der Waals surface area contributed by atoms with Gasteiger partial charge in [0.25, 0.3) is 0 Å². The van der Waals surface area contributed by atoms with Crippen LogP contribution in [0.15, 0.2) is 29.9 Å². The number of halogens is 2. The van der Waals surface area contributed by atoms with Gasteiger partial charge >= 0.3 is 6.03 Å². The minimum Gasteiger partial charge on any atom is -0.384 e. The molecular weight excluding hydrogens is 521 g/mol. The number of amides is 3. The Hall–Kier alpha value is -1.91. The first-order chi connectivity index (χ1) is 17.3. The molecule has 36 heavy (non-hydrogen) atoms. The van der Waals surface area contributed by atoms with Gasteiger partial charge < -0.3 is 20.2 Å². The van der Waals surface area contributed by atoms with Crippen molar-refractivity contribution >= 4 is 52.2 Å². The number of urea groups is 1. The van der Waals surface area contributed by atoms with E-state index in [0.717, 1.165) is 50.1 Å². The van der Waals surface area contributed by atoms with Crippen LogP contribution in [0.1, 0.15) is 37.0 Å². The maximum Gasteiger partial charge on any atom is 0.321 e. The van der Waals surface area contributed by atoms with Crippen molar-refractivity contribution in [3.63, 3.8) is 0 Å². The van der Waals surface area contributed by atoms with Gasteiger partial charge in [-0.05, 0) is 56.8 Å². The monoisotopic (exact) mass is 551 g/mol. The summed E-state index contributed by atoms with van der Waals surface area (Å²) in [5.74, 6) is 0.197. The van der Waals surface area contributed by atoms with Crippen LogP contribution in [-0.2, 0) is 10.4 Å². The van der Waals surface area contributed by atoms with Crippen LogP contribution >= 0.6 is 34.5 Å². The summed E-state index contributed by atoms with van der Waals surface area (Å²) in [6.45, 7) is 3.76. The molecule has 0 bridgehead atoms. The summed E-state index contributed by atoms with van der Waals surface area (Å²) in [4.78, 5) is 37.0. The second-order valence-corrected chi connectivity index (χ2v) is 11.7. The molecule has 3 amide bonds. The Morgan fingerprint density at radius 1 is 1.03 bits per heavy atom. The maximum atomic E-state index is 13.2. The molecule has 1 aliphatic carbocycles. The summed E-state index contributed by atoms with van der Waals surface area (Å²) < 4.78 is 0. The molecule has 1 aromatic heterocycles. The Labute approximate surface area is 225 Å². The van der Waals surface area contributed by atoms with Gasteiger partial charge in [0.2, 0.25) is 5.91 Å². The zero-order valence-corrected chi connectivity index (χ0v) is 22.4. The third-order valence-electron chi connectivity index (χ3n) is 7.81. The molecule has 3 aliphatic rings. The molecule has 2 N–H and O–H groups in total. The fraction of sp³-hybridized carbons (Fsp3) is 0.560. The molecular formula is C25H31Cl2N5O3S. The van der Waals surface area contributed by atoms with Crippen molar-refractivity contribution in [3.05, 3.63) is 44.8 Å². The normalized spacial score (nSPS) is 27.3. The molecule has 1 unspecified atom stereocenters. The molecule has 194 valence electrons. The molecule has 1 atom stereocenters. The Bertz CT molecular complexity index is 1090. The summed E-state index contributed by atoms with van der Waals surface area (Å²) in [6, 6.07) is 5.19. The number of anilines is 1. The molecule has 2 saturated heterocycles. The van der Waals surface area contributed by atoms with Crippen molar-refractivity contribution in [1.82, 2.24) is 19.7 Å². The smallest absolute Gasteiger partial charge is 0.321 e. The van der Waals surface area contributed by atoms with E-state index < -0.39 is 5.60 Å². The predicted octanol–water partition coefficient (Wildman–Crippen LogP) is 4.28. The highest BCUT2D eigenvalue weighted by molar-refractivity contribution is 7.09. The van der Waals surface area contributed by atoms with Crippen LogP contribution in [0.4, 0.5) is 10.5 Å². The molecule has 2 aromatic rings. The first-order valence-corrected chi connectivity index (χ1v) is 14.1. The zero-order chi connectivity index (χ0) is 25.3. The highest BCUT2D eigenvalue weighted by Crippen LogP contribution is 2.41. The van der Waals surface area contributed by atoms with Crippen LogP contribution in [0.5, 0.6) is 0 Å². The van der Waals surface area contributed by atoms with Gasteiger partial charge in [0.15, 0.2) is 0 Å². The van der Waals surface area contributed by atoms with E-state index in [1.54, 1.807) is 34.8 Å². The minimum absolute atomic E-state index is 0.00360. The van der Waals surface area contributed by atoms with Crippen molar-refractivity contribution in [2.45, 2.75) is 43.7 Å². The van der Waals surface area contributed by atoms with E-state index in [1.807, 2.05) is 4.90 Å². The molecule has 3 heterocycles. The predicted molar refractivity (Wildman–Crippen MR) is 142 cm³/mol. The number of nitrogens with zero attached hydrogens (tertiary/aromatic N) is 4. The van der Waals surface area contributed by atoms with Crippen LogP contribution in [0.25, 0.3) is 0 Å². The molecule has 8 nitrogen and oxygen atoms in total. The van der Waals surface area contributed by atoms with E-state index in [4.69, 9.17) is 23.2 Å². The number of aliphatic hydroxyl groups is 1. The molecule has 5 rings (SSSR count). The SMILES string of the molecule is O=C(Nc1ccc(Cl)c(Cl)c1)N1CCN(C(=O)C2CCN(C3CCC(O)(c4cncs4)CC3)C2)CC1. The standard InChI is InChI=1S/C25H31Cl2N5O3S/c26-20-2-1-18(13-21(20)27)29-24(34)31-11-9-30(10-12-31)23(33)17-5-8-32(15-17)19-3-6-25(35,7-4-19)22-14-28-16-36-22/h1-2,13-14,16-17,19,35H,3-12,15H2,(H,29,34). The number of benzene rings is 1. The van der Waals surface area contributed by atoms with Crippen LogP contribution in [0.2, 0.25) is 10.0 Å². The minimum atomic E-state index is -0.752. The Kier molecular flexibility index (Phi) is 7.74. The quantitative estimate of drug-likeness (QED) is 0.592. The Morgan fingerprint density at radius 2 is 1.75 bits per heavy atom. The highest BCUT2D eigenvalue weighted by atomic mass is 35.5. The Morgan fingerprint density at radius 3 is 2.42 bits per heavy atom. The highest BCUT2D eigenvalue weighted by Gasteiger charge is 2.41. The van der Waals surface area contributed by atoms with E-state index in [-0.39, 0.29) is 17.9 Å². The first-order valence-electron chi connectivity index (χ1n) is 12.5. The van der Waals surface area contributed by atoms with Gasteiger partial charge in [-0.3, -0.25) is 14.7 Å². The third-order valence-corrected chi connectivity index (χ3v) is 9.51. The zero-order valence-electron chi connectivity index (χ0n) is 20.0. The van der Waals surface area contributed by atoms with Crippen molar-refractivity contribution in [2.75, 3.05) is 44.6 Å². The van der Waals surface area contributed by atoms with Gasteiger partial charge in [-0.2, -0.15) is 0 Å². The molecule has 11 heteroatoms. The molecule has 1 aromatic carbocycles. The lowest BCUT2D eigenvalue weighted by Crippen LogP contribution is -2.53. The average Bonchev–Trinajstić information content (AvgIpc) is 3.60. The number of hydrogen-bond acceptors (Lipinski definition) is 6. The number of aromatic nitrogens is 1. The third kappa shape index (κ3) is 5.50.